The van der Waals surface area contributed by atoms with E-state index < -0.39 is 29.7 Å². The van der Waals surface area contributed by atoms with E-state index in [0.717, 1.165) is 12.1 Å². The second-order valence-electron chi connectivity index (χ2n) is 3.91. The number of alkyl halides is 4. The van der Waals surface area contributed by atoms with Gasteiger partial charge >= 0.3 is 18.2 Å². The Morgan fingerprint density at radius 1 is 1.11 bits per heavy atom. The van der Waals surface area contributed by atoms with E-state index in [2.05, 4.69) is 9.47 Å². The van der Waals surface area contributed by atoms with Gasteiger partial charge in [0.25, 0.3) is 0 Å². The molecule has 4 nitrogen and oxygen atoms in total. The summed E-state index contributed by atoms with van der Waals surface area (Å²) in [6.07, 6.45) is -9.67. The largest absolute Gasteiger partial charge is 0.507 e. The van der Waals surface area contributed by atoms with Crippen molar-refractivity contribution in [2.75, 3.05) is 0 Å². The summed E-state index contributed by atoms with van der Waals surface area (Å²) in [4.78, 5) is 10.4. The molecule has 1 aliphatic heterocycles. The van der Waals surface area contributed by atoms with Crippen molar-refractivity contribution in [1.82, 2.24) is 0 Å². The average molecular weight is 280 g/mol. The van der Waals surface area contributed by atoms with Gasteiger partial charge in [0.15, 0.2) is 11.5 Å². The fourth-order valence-corrected chi connectivity index (χ4v) is 1.52. The number of hydrogen-bond donors (Lipinski definition) is 1. The predicted molar refractivity (Wildman–Crippen MR) is 53.5 cm³/mol. The van der Waals surface area contributed by atoms with E-state index in [0.29, 0.717) is 5.56 Å². The van der Waals surface area contributed by atoms with Crippen LogP contribution in [-0.2, 0) is 11.2 Å². The summed E-state index contributed by atoms with van der Waals surface area (Å²) in [7, 11) is 0. The lowest BCUT2D eigenvalue weighted by atomic mass is 10.1. The highest BCUT2D eigenvalue weighted by Crippen LogP contribution is 2.47. The molecule has 0 saturated heterocycles. The topological polar surface area (TPSA) is 55.8 Å². The Labute approximate surface area is 104 Å². The summed E-state index contributed by atoms with van der Waals surface area (Å²) >= 11 is 0. The number of carbonyl (C=O) groups is 1. The highest BCUT2D eigenvalue weighted by Gasteiger charge is 2.65. The van der Waals surface area contributed by atoms with Gasteiger partial charge in [-0.3, -0.25) is 4.79 Å². The van der Waals surface area contributed by atoms with Gasteiger partial charge in [-0.05, 0) is 24.1 Å². The van der Waals surface area contributed by atoms with Crippen LogP contribution in [0.1, 0.15) is 12.0 Å². The number of aryl methyl sites for hydroxylation is 1. The number of fused-ring (bicyclic) bond motifs is 1. The van der Waals surface area contributed by atoms with Crippen molar-refractivity contribution < 1.29 is 36.9 Å². The van der Waals surface area contributed by atoms with Crippen LogP contribution < -0.4 is 9.47 Å². The molecule has 1 aromatic rings. The number of rotatable bonds is 3. The third-order valence-corrected chi connectivity index (χ3v) is 2.45. The Balaban J connectivity index is 2.25. The van der Waals surface area contributed by atoms with Crippen molar-refractivity contribution in [3.63, 3.8) is 0 Å². The molecule has 1 aromatic carbocycles. The molecule has 0 amide bonds. The number of carboxylic acid groups (broad SMARTS) is 1. The van der Waals surface area contributed by atoms with Crippen LogP contribution in [0.15, 0.2) is 18.2 Å². The Hall–Kier alpha value is -1.99. The normalized spacial score (nSPS) is 18.9. The zero-order chi connectivity index (χ0) is 14.3. The molecule has 0 fully saturated rings. The summed E-state index contributed by atoms with van der Waals surface area (Å²) in [5, 5.41) is 8.49. The predicted octanol–water partition coefficient (Wildman–Crippen LogP) is 2.66. The lowest BCUT2D eigenvalue weighted by molar-refractivity contribution is -0.391. The lowest BCUT2D eigenvalue weighted by Gasteiger charge is -2.31. The van der Waals surface area contributed by atoms with Crippen LogP contribution in [0.25, 0.3) is 0 Å². The van der Waals surface area contributed by atoms with Gasteiger partial charge < -0.3 is 14.6 Å². The van der Waals surface area contributed by atoms with E-state index >= 15 is 0 Å². The molecule has 0 radical (unpaired) electrons. The first kappa shape index (κ1) is 13.4. The lowest BCUT2D eigenvalue weighted by Crippen LogP contribution is -2.52. The van der Waals surface area contributed by atoms with Gasteiger partial charge in [0.1, 0.15) is 0 Å². The first-order valence-corrected chi connectivity index (χ1v) is 5.20. The van der Waals surface area contributed by atoms with Gasteiger partial charge in [-0.25, -0.2) is 0 Å². The Morgan fingerprint density at radius 3 is 2.26 bits per heavy atom. The van der Waals surface area contributed by atoms with Crippen molar-refractivity contribution in [3.05, 3.63) is 23.8 Å². The van der Waals surface area contributed by atoms with Crippen LogP contribution in [0.3, 0.4) is 0 Å². The van der Waals surface area contributed by atoms with E-state index in [1.54, 1.807) is 0 Å². The third kappa shape index (κ3) is 2.56. The van der Waals surface area contributed by atoms with Gasteiger partial charge in [0, 0.05) is 6.42 Å². The molecule has 1 aliphatic rings. The van der Waals surface area contributed by atoms with E-state index in [4.69, 9.17) is 5.11 Å². The van der Waals surface area contributed by atoms with Gasteiger partial charge in [-0.1, -0.05) is 6.07 Å². The van der Waals surface area contributed by atoms with E-state index in [1.807, 2.05) is 0 Å². The first-order valence-electron chi connectivity index (χ1n) is 5.20. The van der Waals surface area contributed by atoms with E-state index in [1.165, 1.54) is 6.07 Å². The fourth-order valence-electron chi connectivity index (χ4n) is 1.52. The second kappa shape index (κ2) is 4.29. The van der Waals surface area contributed by atoms with Gasteiger partial charge in [-0.2, -0.15) is 17.6 Å². The molecule has 104 valence electrons. The minimum Gasteiger partial charge on any atom is -0.481 e. The number of aliphatic carboxylic acids is 1. The SMILES string of the molecule is O=C(O)CCc1ccc2c(c1)OC(F)(F)C(F)(F)O2. The van der Waals surface area contributed by atoms with E-state index in [-0.39, 0.29) is 12.8 Å². The van der Waals surface area contributed by atoms with Crippen molar-refractivity contribution >= 4 is 5.97 Å². The summed E-state index contributed by atoms with van der Waals surface area (Å²) in [6.45, 7) is 0. The number of benzene rings is 1. The van der Waals surface area contributed by atoms with Crippen LogP contribution in [-0.4, -0.2) is 23.3 Å². The summed E-state index contributed by atoms with van der Waals surface area (Å²) in [5.74, 6) is -2.12. The summed E-state index contributed by atoms with van der Waals surface area (Å²) in [5.41, 5.74) is 0.366. The second-order valence-corrected chi connectivity index (χ2v) is 3.91. The molecule has 2 rings (SSSR count). The fraction of sp³-hybridized carbons (Fsp3) is 0.364. The molecule has 8 heteroatoms. The monoisotopic (exact) mass is 280 g/mol. The molecule has 0 saturated carbocycles. The van der Waals surface area contributed by atoms with Crippen LogP contribution in [0, 0.1) is 0 Å². The molecule has 0 bridgehead atoms. The molecule has 19 heavy (non-hydrogen) atoms. The van der Waals surface area contributed by atoms with Gasteiger partial charge in [-0.15, -0.1) is 0 Å². The van der Waals surface area contributed by atoms with Crippen LogP contribution in [0.4, 0.5) is 17.6 Å². The van der Waals surface area contributed by atoms with Crippen LogP contribution in [0.5, 0.6) is 11.5 Å². The summed E-state index contributed by atoms with van der Waals surface area (Å²) in [6, 6.07) is 3.40. The smallest absolute Gasteiger partial charge is 0.481 e. The number of carboxylic acids is 1. The van der Waals surface area contributed by atoms with Crippen molar-refractivity contribution in [2.45, 2.75) is 25.1 Å². The average Bonchev–Trinajstić information content (AvgIpc) is 2.27. The van der Waals surface area contributed by atoms with Crippen molar-refractivity contribution in [3.8, 4) is 11.5 Å². The maximum Gasteiger partial charge on any atom is 0.507 e. The molecular formula is C11H8F4O4. The molecular weight excluding hydrogens is 272 g/mol. The van der Waals surface area contributed by atoms with E-state index in [9.17, 15) is 22.4 Å². The minimum atomic E-state index is -4.77. The Bertz CT molecular complexity index is 515. The Morgan fingerprint density at radius 2 is 1.68 bits per heavy atom. The van der Waals surface area contributed by atoms with Gasteiger partial charge in [0.05, 0.1) is 0 Å². The molecule has 0 atom stereocenters. The molecule has 0 spiro atoms. The zero-order valence-corrected chi connectivity index (χ0v) is 9.33. The first-order chi connectivity index (χ1) is 8.71. The highest BCUT2D eigenvalue weighted by atomic mass is 19.3. The Kier molecular flexibility index (Phi) is 3.03. The number of halogens is 4. The van der Waals surface area contributed by atoms with Crippen LogP contribution >= 0.6 is 0 Å². The number of ether oxygens (including phenoxy) is 2. The maximum atomic E-state index is 12.9. The summed E-state index contributed by atoms with van der Waals surface area (Å²) < 4.78 is 59.3. The standard InChI is InChI=1S/C11H8F4O4/c12-10(13)11(14,15)19-8-5-6(2-4-9(16)17)1-3-7(8)18-10/h1,3,5H,2,4H2,(H,16,17). The molecule has 1 N–H and O–H groups in total. The van der Waals surface area contributed by atoms with Gasteiger partial charge in [0.2, 0.25) is 0 Å². The molecule has 0 unspecified atom stereocenters. The highest BCUT2D eigenvalue weighted by molar-refractivity contribution is 5.67. The van der Waals surface area contributed by atoms with Crippen molar-refractivity contribution in [2.24, 2.45) is 0 Å². The zero-order valence-electron chi connectivity index (χ0n) is 9.33. The third-order valence-electron chi connectivity index (χ3n) is 2.45. The molecule has 1 heterocycles. The molecule has 0 aromatic heterocycles. The van der Waals surface area contributed by atoms with Crippen LogP contribution in [0.2, 0.25) is 0 Å². The maximum absolute atomic E-state index is 12.9. The quantitative estimate of drug-likeness (QED) is 0.865. The molecule has 0 aliphatic carbocycles. The van der Waals surface area contributed by atoms with Crippen molar-refractivity contribution in [1.29, 1.82) is 0 Å². The number of hydrogen-bond acceptors (Lipinski definition) is 3. The minimum absolute atomic E-state index is 0.0634.